The summed E-state index contributed by atoms with van der Waals surface area (Å²) in [5, 5.41) is 11.2. The van der Waals surface area contributed by atoms with Gasteiger partial charge in [-0.25, -0.2) is 0 Å². The first-order valence-electron chi connectivity index (χ1n) is 7.72. The molecule has 1 aliphatic rings. The zero-order valence-electron chi connectivity index (χ0n) is 13.1. The summed E-state index contributed by atoms with van der Waals surface area (Å²) in [6.07, 6.45) is 10.4. The van der Waals surface area contributed by atoms with Crippen LogP contribution < -0.4 is 10.6 Å². The molecular formula is C15H28IN5. The molecule has 0 bridgehead atoms. The maximum absolute atomic E-state index is 4.32. The van der Waals surface area contributed by atoms with E-state index in [0.29, 0.717) is 12.0 Å². The average Bonchev–Trinajstić information content (AvgIpc) is 2.97. The molecule has 0 amide bonds. The molecular weight excluding hydrogens is 377 g/mol. The van der Waals surface area contributed by atoms with Crippen LogP contribution in [0.5, 0.6) is 0 Å². The lowest BCUT2D eigenvalue weighted by Gasteiger charge is -2.25. The molecule has 1 heterocycles. The smallest absolute Gasteiger partial charge is 0.191 e. The second kappa shape index (κ2) is 10.0. The molecule has 0 radical (unpaired) electrons. The third-order valence-electron chi connectivity index (χ3n) is 3.85. The zero-order chi connectivity index (χ0) is 14.2. The number of guanidine groups is 1. The standard InChI is InChI=1S/C15H27N5.HI/c1-13(12-20-10-6-9-18-20)11-17-15(16-2)19-14-7-4-3-5-8-14;/h6,9-10,13-14H,3-5,7-8,11-12H2,1-2H3,(H2,16,17,19);1H. The number of rotatable bonds is 5. The monoisotopic (exact) mass is 405 g/mol. The third kappa shape index (κ3) is 6.67. The first-order chi connectivity index (χ1) is 9.78. The SMILES string of the molecule is CN=C(NCC(C)Cn1cccn1)NC1CCCCC1.I. The predicted octanol–water partition coefficient (Wildman–Crippen LogP) is 2.63. The number of aliphatic imine (C=N–C) groups is 1. The van der Waals surface area contributed by atoms with Gasteiger partial charge < -0.3 is 10.6 Å². The Morgan fingerprint density at radius 3 is 2.76 bits per heavy atom. The minimum atomic E-state index is 0. The van der Waals surface area contributed by atoms with E-state index in [9.17, 15) is 0 Å². The minimum Gasteiger partial charge on any atom is -0.356 e. The molecule has 6 heteroatoms. The van der Waals surface area contributed by atoms with Crippen LogP contribution in [0.4, 0.5) is 0 Å². The number of hydrogen-bond acceptors (Lipinski definition) is 2. The van der Waals surface area contributed by atoms with E-state index in [-0.39, 0.29) is 24.0 Å². The van der Waals surface area contributed by atoms with Gasteiger partial charge in [0, 0.05) is 38.6 Å². The summed E-state index contributed by atoms with van der Waals surface area (Å²) in [5.41, 5.74) is 0. The van der Waals surface area contributed by atoms with Crippen molar-refractivity contribution in [1.29, 1.82) is 0 Å². The number of aromatic nitrogens is 2. The van der Waals surface area contributed by atoms with Crippen LogP contribution in [0.2, 0.25) is 0 Å². The number of nitrogens with zero attached hydrogens (tertiary/aromatic N) is 3. The van der Waals surface area contributed by atoms with Gasteiger partial charge in [0.15, 0.2) is 5.96 Å². The summed E-state index contributed by atoms with van der Waals surface area (Å²) < 4.78 is 1.98. The summed E-state index contributed by atoms with van der Waals surface area (Å²) in [4.78, 5) is 4.32. The first-order valence-corrected chi connectivity index (χ1v) is 7.72. The fourth-order valence-corrected chi connectivity index (χ4v) is 2.70. The van der Waals surface area contributed by atoms with Gasteiger partial charge in [0.05, 0.1) is 0 Å². The highest BCUT2D eigenvalue weighted by Gasteiger charge is 2.14. The Morgan fingerprint density at radius 2 is 2.14 bits per heavy atom. The maximum atomic E-state index is 4.32. The summed E-state index contributed by atoms with van der Waals surface area (Å²) in [5.74, 6) is 1.45. The van der Waals surface area contributed by atoms with Crippen molar-refractivity contribution in [3.05, 3.63) is 18.5 Å². The van der Waals surface area contributed by atoms with Crippen molar-refractivity contribution >= 4 is 29.9 Å². The van der Waals surface area contributed by atoms with Crippen molar-refractivity contribution in [3.8, 4) is 0 Å². The predicted molar refractivity (Wildman–Crippen MR) is 98.2 cm³/mol. The summed E-state index contributed by atoms with van der Waals surface area (Å²) in [7, 11) is 1.84. The molecule has 120 valence electrons. The highest BCUT2D eigenvalue weighted by Crippen LogP contribution is 2.17. The number of hydrogen-bond donors (Lipinski definition) is 2. The molecule has 0 spiro atoms. The number of nitrogens with one attached hydrogen (secondary N) is 2. The van der Waals surface area contributed by atoms with Gasteiger partial charge in [-0.3, -0.25) is 9.67 Å². The van der Waals surface area contributed by atoms with E-state index in [1.165, 1.54) is 32.1 Å². The van der Waals surface area contributed by atoms with Crippen molar-refractivity contribution in [1.82, 2.24) is 20.4 Å². The number of halogens is 1. The molecule has 1 aliphatic carbocycles. The van der Waals surface area contributed by atoms with E-state index in [2.05, 4.69) is 27.6 Å². The molecule has 1 atom stereocenters. The highest BCUT2D eigenvalue weighted by atomic mass is 127. The summed E-state index contributed by atoms with van der Waals surface area (Å²) in [6, 6.07) is 2.56. The first kappa shape index (κ1) is 18.3. The Hall–Kier alpha value is -0.790. The van der Waals surface area contributed by atoms with Crippen LogP contribution in [0.1, 0.15) is 39.0 Å². The molecule has 21 heavy (non-hydrogen) atoms. The molecule has 1 unspecified atom stereocenters. The van der Waals surface area contributed by atoms with Crippen LogP contribution in [0.15, 0.2) is 23.5 Å². The van der Waals surface area contributed by atoms with Gasteiger partial charge in [0.2, 0.25) is 0 Å². The van der Waals surface area contributed by atoms with Crippen molar-refractivity contribution in [2.45, 2.75) is 51.6 Å². The Morgan fingerprint density at radius 1 is 1.38 bits per heavy atom. The fraction of sp³-hybridized carbons (Fsp3) is 0.733. The van der Waals surface area contributed by atoms with Crippen LogP contribution in [0, 0.1) is 5.92 Å². The Balaban J connectivity index is 0.00000220. The average molecular weight is 405 g/mol. The van der Waals surface area contributed by atoms with Crippen LogP contribution >= 0.6 is 24.0 Å². The van der Waals surface area contributed by atoms with Gasteiger partial charge in [0.1, 0.15) is 0 Å². The van der Waals surface area contributed by atoms with Crippen LogP contribution in [-0.4, -0.2) is 35.4 Å². The van der Waals surface area contributed by atoms with Gasteiger partial charge in [-0.15, -0.1) is 24.0 Å². The van der Waals surface area contributed by atoms with Gasteiger partial charge >= 0.3 is 0 Å². The lowest BCUT2D eigenvalue weighted by Crippen LogP contribution is -2.45. The fourth-order valence-electron chi connectivity index (χ4n) is 2.70. The van der Waals surface area contributed by atoms with Gasteiger partial charge in [-0.1, -0.05) is 26.2 Å². The van der Waals surface area contributed by atoms with E-state index in [1.807, 2.05) is 30.2 Å². The Kier molecular flexibility index (Phi) is 8.72. The topological polar surface area (TPSA) is 54.2 Å². The Bertz CT molecular complexity index is 398. The third-order valence-corrected chi connectivity index (χ3v) is 3.85. The minimum absolute atomic E-state index is 0. The summed E-state index contributed by atoms with van der Waals surface area (Å²) in [6.45, 7) is 4.06. The van der Waals surface area contributed by atoms with E-state index in [4.69, 9.17) is 0 Å². The second-order valence-electron chi connectivity index (χ2n) is 5.77. The molecule has 0 saturated heterocycles. The molecule has 0 aromatic carbocycles. The normalized spacial score (nSPS) is 17.9. The van der Waals surface area contributed by atoms with Crippen LogP contribution in [0.3, 0.4) is 0 Å². The van der Waals surface area contributed by atoms with Crippen molar-refractivity contribution < 1.29 is 0 Å². The van der Waals surface area contributed by atoms with Gasteiger partial charge in [0.25, 0.3) is 0 Å². The summed E-state index contributed by atoms with van der Waals surface area (Å²) >= 11 is 0. The Labute approximate surface area is 145 Å². The van der Waals surface area contributed by atoms with Gasteiger partial charge in [-0.05, 0) is 24.8 Å². The largest absolute Gasteiger partial charge is 0.356 e. The lowest BCUT2D eigenvalue weighted by atomic mass is 9.96. The van der Waals surface area contributed by atoms with Crippen LogP contribution in [-0.2, 0) is 6.54 Å². The van der Waals surface area contributed by atoms with Crippen molar-refractivity contribution in [2.24, 2.45) is 10.9 Å². The quantitative estimate of drug-likeness (QED) is 0.450. The molecule has 2 rings (SSSR count). The maximum Gasteiger partial charge on any atom is 0.191 e. The lowest BCUT2D eigenvalue weighted by molar-refractivity contribution is 0.404. The van der Waals surface area contributed by atoms with Crippen LogP contribution in [0.25, 0.3) is 0 Å². The highest BCUT2D eigenvalue weighted by molar-refractivity contribution is 14.0. The molecule has 1 fully saturated rings. The molecule has 0 aliphatic heterocycles. The second-order valence-corrected chi connectivity index (χ2v) is 5.77. The molecule has 2 N–H and O–H groups in total. The zero-order valence-corrected chi connectivity index (χ0v) is 15.4. The van der Waals surface area contributed by atoms with E-state index in [1.54, 1.807) is 0 Å². The molecule has 5 nitrogen and oxygen atoms in total. The van der Waals surface area contributed by atoms with Crippen molar-refractivity contribution in [2.75, 3.05) is 13.6 Å². The molecule has 1 aromatic rings. The molecule has 1 saturated carbocycles. The van der Waals surface area contributed by atoms with E-state index in [0.717, 1.165) is 19.0 Å². The van der Waals surface area contributed by atoms with Crippen molar-refractivity contribution in [3.63, 3.8) is 0 Å². The van der Waals surface area contributed by atoms with E-state index < -0.39 is 0 Å². The van der Waals surface area contributed by atoms with Gasteiger partial charge in [-0.2, -0.15) is 5.10 Å². The van der Waals surface area contributed by atoms with E-state index >= 15 is 0 Å². The molecule has 1 aromatic heterocycles.